The van der Waals surface area contributed by atoms with Crippen LogP contribution in [0.5, 0.6) is 0 Å². The molecule has 2 heterocycles. The van der Waals surface area contributed by atoms with Gasteiger partial charge in [-0.1, -0.05) is 17.7 Å². The first-order valence-electron chi connectivity index (χ1n) is 6.02. The quantitative estimate of drug-likeness (QED) is 0.911. The van der Waals surface area contributed by atoms with E-state index in [-0.39, 0.29) is 15.7 Å². The third-order valence-electron chi connectivity index (χ3n) is 3.11. The molecule has 0 aliphatic carbocycles. The summed E-state index contributed by atoms with van der Waals surface area (Å²) in [6.07, 6.45) is 1.48. The Morgan fingerprint density at radius 3 is 2.80 bits per heavy atom. The van der Waals surface area contributed by atoms with Crippen LogP contribution in [0.2, 0.25) is 5.02 Å². The molecule has 1 aromatic carbocycles. The molecule has 0 unspecified atom stereocenters. The SMILES string of the molecule is O=S(=O)(Nc1ncccc1Cl)c1ccc2c(c1)CNC2. The zero-order chi connectivity index (χ0) is 14.2. The maximum Gasteiger partial charge on any atom is 0.263 e. The summed E-state index contributed by atoms with van der Waals surface area (Å²) in [5, 5.41) is 3.44. The number of nitrogens with zero attached hydrogens (tertiary/aromatic N) is 1. The Kier molecular flexibility index (Phi) is 3.37. The van der Waals surface area contributed by atoms with Crippen molar-refractivity contribution >= 4 is 27.4 Å². The smallest absolute Gasteiger partial charge is 0.263 e. The standard InChI is InChI=1S/C13H12ClN3O2S/c14-12-2-1-5-16-13(12)17-20(18,19)11-4-3-9-7-15-8-10(9)6-11/h1-6,15H,7-8H2,(H,16,17). The lowest BCUT2D eigenvalue weighted by Gasteiger charge is -2.09. The highest BCUT2D eigenvalue weighted by molar-refractivity contribution is 7.92. The fourth-order valence-electron chi connectivity index (χ4n) is 2.09. The highest BCUT2D eigenvalue weighted by Crippen LogP contribution is 2.24. The lowest BCUT2D eigenvalue weighted by Crippen LogP contribution is -2.14. The largest absolute Gasteiger partial charge is 0.309 e. The van der Waals surface area contributed by atoms with Gasteiger partial charge in [0.2, 0.25) is 0 Å². The summed E-state index contributed by atoms with van der Waals surface area (Å²) in [6, 6.07) is 8.31. The third-order valence-corrected chi connectivity index (χ3v) is 4.75. The summed E-state index contributed by atoms with van der Waals surface area (Å²) in [5.41, 5.74) is 2.12. The Morgan fingerprint density at radius 2 is 2.00 bits per heavy atom. The molecule has 0 saturated carbocycles. The van der Waals surface area contributed by atoms with Crippen molar-refractivity contribution in [2.45, 2.75) is 18.0 Å². The minimum Gasteiger partial charge on any atom is -0.309 e. The Hall–Kier alpha value is -1.63. The van der Waals surface area contributed by atoms with E-state index in [2.05, 4.69) is 15.0 Å². The van der Waals surface area contributed by atoms with E-state index in [4.69, 9.17) is 11.6 Å². The molecule has 0 saturated heterocycles. The molecule has 0 atom stereocenters. The van der Waals surface area contributed by atoms with E-state index >= 15 is 0 Å². The predicted molar refractivity (Wildman–Crippen MR) is 77.0 cm³/mol. The number of nitrogens with one attached hydrogen (secondary N) is 2. The van der Waals surface area contributed by atoms with Gasteiger partial charge in [0.25, 0.3) is 10.0 Å². The van der Waals surface area contributed by atoms with Crippen molar-refractivity contribution in [3.8, 4) is 0 Å². The lowest BCUT2D eigenvalue weighted by atomic mass is 10.1. The zero-order valence-electron chi connectivity index (χ0n) is 10.4. The highest BCUT2D eigenvalue weighted by atomic mass is 35.5. The molecular formula is C13H12ClN3O2S. The first-order chi connectivity index (χ1) is 9.56. The van der Waals surface area contributed by atoms with Gasteiger partial charge in [-0.05, 0) is 35.4 Å². The number of pyridine rings is 1. The monoisotopic (exact) mass is 309 g/mol. The molecular weight excluding hydrogens is 298 g/mol. The highest BCUT2D eigenvalue weighted by Gasteiger charge is 2.19. The van der Waals surface area contributed by atoms with Gasteiger partial charge in [-0.3, -0.25) is 4.72 Å². The average Bonchev–Trinajstić information content (AvgIpc) is 2.88. The normalized spacial score (nSPS) is 14.1. The Balaban J connectivity index is 1.94. The molecule has 7 heteroatoms. The van der Waals surface area contributed by atoms with Crippen LogP contribution in [0, 0.1) is 0 Å². The number of anilines is 1. The summed E-state index contributed by atoms with van der Waals surface area (Å²) in [4.78, 5) is 4.14. The van der Waals surface area contributed by atoms with Crippen molar-refractivity contribution in [2.75, 3.05) is 4.72 Å². The van der Waals surface area contributed by atoms with Crippen molar-refractivity contribution in [2.24, 2.45) is 0 Å². The third kappa shape index (κ3) is 2.49. The summed E-state index contributed by atoms with van der Waals surface area (Å²) in [7, 11) is -3.68. The summed E-state index contributed by atoms with van der Waals surface area (Å²) in [5.74, 6) is 0.132. The van der Waals surface area contributed by atoms with Crippen LogP contribution in [0.3, 0.4) is 0 Å². The first kappa shape index (κ1) is 13.4. The van der Waals surface area contributed by atoms with E-state index in [0.29, 0.717) is 6.54 Å². The second kappa shape index (κ2) is 5.05. The molecule has 5 nitrogen and oxygen atoms in total. The van der Waals surface area contributed by atoms with Crippen molar-refractivity contribution in [3.63, 3.8) is 0 Å². The number of hydrogen-bond donors (Lipinski definition) is 2. The molecule has 104 valence electrons. The van der Waals surface area contributed by atoms with Crippen molar-refractivity contribution < 1.29 is 8.42 Å². The maximum absolute atomic E-state index is 12.3. The number of aromatic nitrogens is 1. The van der Waals surface area contributed by atoms with Gasteiger partial charge < -0.3 is 5.32 Å². The van der Waals surface area contributed by atoms with Crippen molar-refractivity contribution in [1.29, 1.82) is 0 Å². The molecule has 0 bridgehead atoms. The van der Waals surface area contributed by atoms with E-state index in [1.807, 2.05) is 6.07 Å². The second-order valence-electron chi connectivity index (χ2n) is 4.47. The Bertz CT molecular complexity index is 762. The Labute approximate surface area is 122 Å². The Morgan fingerprint density at radius 1 is 1.20 bits per heavy atom. The molecule has 1 aliphatic heterocycles. The van der Waals surface area contributed by atoms with Crippen LogP contribution in [0.15, 0.2) is 41.4 Å². The minimum atomic E-state index is -3.68. The molecule has 2 N–H and O–H groups in total. The van der Waals surface area contributed by atoms with Crippen LogP contribution in [0.25, 0.3) is 0 Å². The van der Waals surface area contributed by atoms with Gasteiger partial charge in [0.15, 0.2) is 5.82 Å². The van der Waals surface area contributed by atoms with Crippen LogP contribution in [-0.4, -0.2) is 13.4 Å². The number of benzene rings is 1. The average molecular weight is 310 g/mol. The minimum absolute atomic E-state index is 0.132. The molecule has 0 fully saturated rings. The van der Waals surface area contributed by atoms with Gasteiger partial charge in [-0.15, -0.1) is 0 Å². The van der Waals surface area contributed by atoms with Crippen LogP contribution in [-0.2, 0) is 23.1 Å². The number of halogens is 1. The summed E-state index contributed by atoms with van der Waals surface area (Å²) in [6.45, 7) is 1.46. The van der Waals surface area contributed by atoms with Gasteiger partial charge in [0.1, 0.15) is 0 Å². The number of rotatable bonds is 3. The number of fused-ring (bicyclic) bond motifs is 1. The molecule has 0 amide bonds. The number of sulfonamides is 1. The fraction of sp³-hybridized carbons (Fsp3) is 0.154. The predicted octanol–water partition coefficient (Wildman–Crippen LogP) is 2.14. The van der Waals surface area contributed by atoms with Crippen LogP contribution < -0.4 is 10.0 Å². The van der Waals surface area contributed by atoms with Gasteiger partial charge in [0.05, 0.1) is 9.92 Å². The molecule has 1 aromatic heterocycles. The van der Waals surface area contributed by atoms with Gasteiger partial charge in [-0.2, -0.15) is 0 Å². The van der Waals surface area contributed by atoms with E-state index < -0.39 is 10.0 Å². The van der Waals surface area contributed by atoms with Crippen LogP contribution in [0.4, 0.5) is 5.82 Å². The second-order valence-corrected chi connectivity index (χ2v) is 6.56. The van der Waals surface area contributed by atoms with Crippen LogP contribution >= 0.6 is 11.6 Å². The summed E-state index contributed by atoms with van der Waals surface area (Å²) >= 11 is 5.91. The van der Waals surface area contributed by atoms with E-state index in [9.17, 15) is 8.42 Å². The van der Waals surface area contributed by atoms with Gasteiger partial charge >= 0.3 is 0 Å². The maximum atomic E-state index is 12.3. The lowest BCUT2D eigenvalue weighted by molar-refractivity contribution is 0.601. The number of hydrogen-bond acceptors (Lipinski definition) is 4. The topological polar surface area (TPSA) is 71.1 Å². The molecule has 20 heavy (non-hydrogen) atoms. The molecule has 3 rings (SSSR count). The first-order valence-corrected chi connectivity index (χ1v) is 7.88. The van der Waals surface area contributed by atoms with E-state index in [1.165, 1.54) is 6.20 Å². The van der Waals surface area contributed by atoms with E-state index in [1.54, 1.807) is 24.3 Å². The van der Waals surface area contributed by atoms with E-state index in [0.717, 1.165) is 17.7 Å². The van der Waals surface area contributed by atoms with Gasteiger partial charge in [0, 0.05) is 19.3 Å². The van der Waals surface area contributed by atoms with Crippen LogP contribution in [0.1, 0.15) is 11.1 Å². The van der Waals surface area contributed by atoms with Crippen molar-refractivity contribution in [1.82, 2.24) is 10.3 Å². The van der Waals surface area contributed by atoms with Crippen molar-refractivity contribution in [3.05, 3.63) is 52.7 Å². The zero-order valence-corrected chi connectivity index (χ0v) is 12.0. The molecule has 0 spiro atoms. The fourth-order valence-corrected chi connectivity index (χ4v) is 3.39. The molecule has 1 aliphatic rings. The molecule has 0 radical (unpaired) electrons. The van der Waals surface area contributed by atoms with Gasteiger partial charge in [-0.25, -0.2) is 13.4 Å². The molecule has 2 aromatic rings. The summed E-state index contributed by atoms with van der Waals surface area (Å²) < 4.78 is 27.0.